The number of aromatic nitrogens is 2. The summed E-state index contributed by atoms with van der Waals surface area (Å²) in [6, 6.07) is 72.0. The van der Waals surface area contributed by atoms with Crippen LogP contribution in [0.25, 0.3) is 81.2 Å². The molecule has 6 heteroatoms. The molecule has 0 spiro atoms. The van der Waals surface area contributed by atoms with Gasteiger partial charge in [-0.05, 0) is 134 Å². The minimum Gasteiger partial charge on any atom is -0.457 e. The first kappa shape index (κ1) is 51.4. The number of anilines is 4. The van der Waals surface area contributed by atoms with E-state index in [9.17, 15) is 2.74 Å². The SMILES string of the molecule is [2H]C([2H])(c1cc(-n2c3cc(Oc4cccc(N5CN(c6c(-c7ccccc7)cc(C(C)(C)C)cc6-c6ccccc6)c6ccccc65)c4)ccc3c3c4sc5ccccc5c4ccc32)ncc1-c1cc(C(C)(C)C)cc(C(C)(C)C)c1)C(C)(C)C. The number of rotatable bonds is 9. The molecule has 0 amide bonds. The van der Waals surface area contributed by atoms with Crippen LogP contribution in [0.15, 0.2) is 206 Å². The van der Waals surface area contributed by atoms with Gasteiger partial charge in [0.2, 0.25) is 0 Å². The van der Waals surface area contributed by atoms with Gasteiger partial charge in [0.25, 0.3) is 0 Å². The molecule has 83 heavy (non-hydrogen) atoms. The molecule has 0 saturated heterocycles. The average Bonchev–Trinajstić information content (AvgIpc) is 1.66. The molecule has 414 valence electrons. The highest BCUT2D eigenvalue weighted by molar-refractivity contribution is 7.26. The highest BCUT2D eigenvalue weighted by atomic mass is 32.1. The molecule has 0 unspecified atom stereocenters. The van der Waals surface area contributed by atoms with Gasteiger partial charge in [0.15, 0.2) is 0 Å². The van der Waals surface area contributed by atoms with E-state index in [4.69, 9.17) is 9.72 Å². The van der Waals surface area contributed by atoms with E-state index < -0.39 is 11.8 Å². The van der Waals surface area contributed by atoms with Crippen LogP contribution in [-0.2, 0) is 22.6 Å². The zero-order valence-corrected chi connectivity index (χ0v) is 50.8. The summed E-state index contributed by atoms with van der Waals surface area (Å²) in [6.45, 7) is 26.9. The molecule has 1 aliphatic heterocycles. The van der Waals surface area contributed by atoms with Crippen LogP contribution in [0.4, 0.5) is 22.7 Å². The summed E-state index contributed by atoms with van der Waals surface area (Å²) in [5, 5.41) is 4.65. The maximum Gasteiger partial charge on any atom is 0.137 e. The lowest BCUT2D eigenvalue weighted by Crippen LogP contribution is -2.25. The van der Waals surface area contributed by atoms with Crippen LogP contribution < -0.4 is 14.5 Å². The lowest BCUT2D eigenvalue weighted by molar-refractivity contribution is 0.411. The average molecular weight is 1110 g/mol. The van der Waals surface area contributed by atoms with E-state index in [2.05, 4.69) is 265 Å². The molecule has 0 fully saturated rings. The predicted octanol–water partition coefficient (Wildman–Crippen LogP) is 22.1. The summed E-state index contributed by atoms with van der Waals surface area (Å²) in [4.78, 5) is 10.3. The summed E-state index contributed by atoms with van der Waals surface area (Å²) < 4.78 is 31.8. The molecule has 0 N–H and O–H groups in total. The van der Waals surface area contributed by atoms with Crippen molar-refractivity contribution in [3.63, 3.8) is 0 Å². The van der Waals surface area contributed by atoms with Crippen molar-refractivity contribution in [1.82, 2.24) is 9.55 Å². The summed E-state index contributed by atoms with van der Waals surface area (Å²) in [7, 11) is 0. The molecule has 5 nitrogen and oxygen atoms in total. The fourth-order valence-electron chi connectivity index (χ4n) is 12.0. The van der Waals surface area contributed by atoms with Crippen LogP contribution in [-0.4, -0.2) is 16.2 Å². The van der Waals surface area contributed by atoms with Crippen molar-refractivity contribution in [2.45, 2.75) is 106 Å². The van der Waals surface area contributed by atoms with Crippen LogP contribution in [0.5, 0.6) is 11.5 Å². The van der Waals surface area contributed by atoms with Crippen LogP contribution in [0.2, 0.25) is 0 Å². The second-order valence-corrected chi connectivity index (χ2v) is 27.8. The lowest BCUT2D eigenvalue weighted by atomic mass is 9.78. The molecular formula is C77H74N4OS. The monoisotopic (exact) mass is 1100 g/mol. The van der Waals surface area contributed by atoms with Gasteiger partial charge in [-0.15, -0.1) is 11.3 Å². The molecular weight excluding hydrogens is 1030 g/mol. The molecule has 3 aromatic heterocycles. The number of thiophene rings is 1. The highest BCUT2D eigenvalue weighted by Gasteiger charge is 2.33. The third-order valence-corrected chi connectivity index (χ3v) is 17.6. The molecule has 13 rings (SSSR count). The van der Waals surface area contributed by atoms with Crippen LogP contribution >= 0.6 is 11.3 Å². The number of ether oxygens (including phenoxy) is 1. The van der Waals surface area contributed by atoms with Gasteiger partial charge < -0.3 is 14.5 Å². The highest BCUT2D eigenvalue weighted by Crippen LogP contribution is 2.52. The standard InChI is InChI=1S/C77H74N4OS/c1-74(2,3)46-52-40-70(78-47-64(52)51-38-53(75(4,5)6)41-54(39-51)76(7,8)9)81-67-37-36-60-59-30-19-22-33-69(59)83-73(60)71(67)61-35-34-58(45-68(61)81)82-57-29-23-28-56(44-57)79-48-80(66-32-21-20-31-65(66)79)72-62(49-24-15-13-16-25-49)42-55(77(10,11)12)43-63(72)50-26-17-14-18-27-50/h13-45,47H,46,48H2,1-12H3/i46D2. The van der Waals surface area contributed by atoms with Gasteiger partial charge in [0, 0.05) is 74.4 Å². The molecule has 1 aliphatic rings. The number of nitrogens with zero attached hydrogens (tertiary/aromatic N) is 4. The van der Waals surface area contributed by atoms with Crippen molar-refractivity contribution in [3.05, 3.63) is 229 Å². The van der Waals surface area contributed by atoms with E-state index >= 15 is 0 Å². The molecule has 12 aromatic rings. The van der Waals surface area contributed by atoms with Crippen LogP contribution in [0, 0.1) is 5.41 Å². The molecule has 0 atom stereocenters. The van der Waals surface area contributed by atoms with Crippen LogP contribution in [0.1, 0.15) is 108 Å². The van der Waals surface area contributed by atoms with Gasteiger partial charge >= 0.3 is 0 Å². The normalized spacial score (nSPS) is 13.8. The second kappa shape index (κ2) is 20.2. The Morgan fingerprint density at radius 1 is 0.482 bits per heavy atom. The zero-order chi connectivity index (χ0) is 59.5. The van der Waals surface area contributed by atoms with E-state index in [1.54, 1.807) is 0 Å². The van der Waals surface area contributed by atoms with Gasteiger partial charge in [-0.3, -0.25) is 4.57 Å². The Kier molecular flexibility index (Phi) is 12.5. The number of pyridine rings is 1. The molecule has 0 aliphatic carbocycles. The third-order valence-electron chi connectivity index (χ3n) is 16.4. The topological polar surface area (TPSA) is 33.5 Å². The van der Waals surface area contributed by atoms with Crippen molar-refractivity contribution in [2.24, 2.45) is 5.41 Å². The maximum absolute atomic E-state index is 10.0. The first-order valence-corrected chi connectivity index (χ1v) is 30.0. The van der Waals surface area contributed by atoms with Gasteiger partial charge in [-0.2, -0.15) is 0 Å². The first-order valence-electron chi connectivity index (χ1n) is 30.2. The second-order valence-electron chi connectivity index (χ2n) is 26.7. The quantitative estimate of drug-likeness (QED) is 0.144. The predicted molar refractivity (Wildman–Crippen MR) is 356 cm³/mol. The molecule has 0 bridgehead atoms. The summed E-state index contributed by atoms with van der Waals surface area (Å²) in [5.74, 6) is 2.03. The van der Waals surface area contributed by atoms with Crippen LogP contribution in [0.3, 0.4) is 0 Å². The summed E-state index contributed by atoms with van der Waals surface area (Å²) >= 11 is 1.81. The van der Waals surface area contributed by atoms with Gasteiger partial charge in [0.1, 0.15) is 24.0 Å². The Hall–Kier alpha value is -8.45. The summed E-state index contributed by atoms with van der Waals surface area (Å²) in [6.07, 6.45) is 0.169. The molecule has 0 saturated carbocycles. The number of hydrogen-bond acceptors (Lipinski definition) is 5. The minimum atomic E-state index is -1.76. The van der Waals surface area contributed by atoms with E-state index in [0.717, 1.165) is 50.0 Å². The largest absolute Gasteiger partial charge is 0.457 e. The van der Waals surface area contributed by atoms with Gasteiger partial charge in [-0.25, -0.2) is 4.98 Å². The summed E-state index contributed by atoms with van der Waals surface area (Å²) in [5.41, 5.74) is 16.0. The van der Waals surface area contributed by atoms with E-state index in [0.29, 0.717) is 29.5 Å². The number of hydrogen-bond donors (Lipinski definition) is 0. The van der Waals surface area contributed by atoms with Crippen molar-refractivity contribution in [3.8, 4) is 50.7 Å². The molecule has 9 aromatic carbocycles. The lowest BCUT2D eigenvalue weighted by Gasteiger charge is -2.30. The van der Waals surface area contributed by atoms with E-state index in [-0.39, 0.29) is 16.2 Å². The molecule has 4 heterocycles. The zero-order valence-electron chi connectivity index (χ0n) is 51.9. The van der Waals surface area contributed by atoms with Crippen molar-refractivity contribution < 1.29 is 7.48 Å². The molecule has 0 radical (unpaired) electrons. The van der Waals surface area contributed by atoms with Crippen molar-refractivity contribution >= 4 is 76.1 Å². The Labute approximate surface area is 497 Å². The van der Waals surface area contributed by atoms with Gasteiger partial charge in [0.05, 0.1) is 28.1 Å². The van der Waals surface area contributed by atoms with Crippen molar-refractivity contribution in [1.29, 1.82) is 0 Å². The first-order chi connectivity index (χ1) is 40.4. The Bertz CT molecular complexity index is 4470. The fourth-order valence-corrected chi connectivity index (χ4v) is 13.3. The Morgan fingerprint density at radius 2 is 1.06 bits per heavy atom. The fraction of sp³-hybridized carbons (Fsp3) is 0.234. The smallest absolute Gasteiger partial charge is 0.137 e. The number of para-hydroxylation sites is 2. The minimum absolute atomic E-state index is 0.0834. The van der Waals surface area contributed by atoms with Gasteiger partial charge in [-0.1, -0.05) is 204 Å². The number of fused-ring (bicyclic) bond motifs is 8. The Morgan fingerprint density at radius 3 is 1.70 bits per heavy atom. The third kappa shape index (κ3) is 10.1. The van der Waals surface area contributed by atoms with Crippen molar-refractivity contribution in [2.75, 3.05) is 16.5 Å². The van der Waals surface area contributed by atoms with E-state index in [1.807, 2.05) is 50.4 Å². The van der Waals surface area contributed by atoms with E-state index in [1.165, 1.54) is 64.8 Å². The Balaban J connectivity index is 0.947. The maximum atomic E-state index is 10.0. The number of benzene rings is 9.